The van der Waals surface area contributed by atoms with E-state index in [2.05, 4.69) is 10.6 Å². The molecule has 0 saturated carbocycles. The number of hydrogen-bond donors (Lipinski definition) is 2. The molecule has 0 fully saturated rings. The zero-order chi connectivity index (χ0) is 18.4. The number of benzene rings is 3. The third kappa shape index (κ3) is 4.83. The molecular formula is C21H19FN2O2. The van der Waals surface area contributed by atoms with Crippen LogP contribution in [0.5, 0.6) is 5.75 Å². The van der Waals surface area contributed by atoms with Crippen LogP contribution in [0.4, 0.5) is 21.5 Å². The molecule has 0 aliphatic heterocycles. The molecule has 4 nitrogen and oxygen atoms in total. The molecule has 132 valence electrons. The van der Waals surface area contributed by atoms with Crippen LogP contribution in [0.1, 0.15) is 5.56 Å². The molecule has 0 bridgehead atoms. The Morgan fingerprint density at radius 3 is 1.96 bits per heavy atom. The van der Waals surface area contributed by atoms with Crippen molar-refractivity contribution < 1.29 is 13.9 Å². The predicted molar refractivity (Wildman–Crippen MR) is 101 cm³/mol. The Morgan fingerprint density at radius 1 is 0.846 bits per heavy atom. The van der Waals surface area contributed by atoms with Gasteiger partial charge >= 0.3 is 0 Å². The highest BCUT2D eigenvalue weighted by Crippen LogP contribution is 2.19. The molecule has 0 spiro atoms. The van der Waals surface area contributed by atoms with Crippen molar-refractivity contribution in [1.29, 1.82) is 0 Å². The fourth-order valence-corrected chi connectivity index (χ4v) is 2.47. The normalized spacial score (nSPS) is 10.2. The number of carbonyl (C=O) groups is 1. The van der Waals surface area contributed by atoms with Gasteiger partial charge in [0, 0.05) is 17.1 Å². The van der Waals surface area contributed by atoms with Gasteiger partial charge < -0.3 is 15.4 Å². The first kappa shape index (κ1) is 17.5. The fourth-order valence-electron chi connectivity index (χ4n) is 2.47. The van der Waals surface area contributed by atoms with Crippen LogP contribution in [0.15, 0.2) is 72.8 Å². The molecule has 0 saturated heterocycles. The van der Waals surface area contributed by atoms with E-state index in [4.69, 9.17) is 4.74 Å². The van der Waals surface area contributed by atoms with Gasteiger partial charge in [0.05, 0.1) is 13.5 Å². The van der Waals surface area contributed by atoms with Gasteiger partial charge in [0.25, 0.3) is 0 Å². The standard InChI is InChI=1S/C21H19FN2O2/c1-26-20-12-2-15(3-13-20)14-21(25)24-19-10-8-18(9-11-19)23-17-6-4-16(22)5-7-17/h2-13,23H,14H2,1H3,(H,24,25). The van der Waals surface area contributed by atoms with E-state index in [0.29, 0.717) is 12.1 Å². The van der Waals surface area contributed by atoms with Crippen molar-refractivity contribution in [3.63, 3.8) is 0 Å². The van der Waals surface area contributed by atoms with Gasteiger partial charge in [-0.15, -0.1) is 0 Å². The maximum atomic E-state index is 12.9. The molecule has 5 heteroatoms. The number of carbonyl (C=O) groups excluding carboxylic acids is 1. The largest absolute Gasteiger partial charge is 0.497 e. The summed E-state index contributed by atoms with van der Waals surface area (Å²) in [6.45, 7) is 0. The van der Waals surface area contributed by atoms with Crippen molar-refractivity contribution in [3.05, 3.63) is 84.2 Å². The monoisotopic (exact) mass is 350 g/mol. The summed E-state index contributed by atoms with van der Waals surface area (Å²) in [5.74, 6) is 0.401. The Morgan fingerprint density at radius 2 is 1.38 bits per heavy atom. The molecule has 0 aliphatic carbocycles. The number of halogens is 1. The van der Waals surface area contributed by atoms with Crippen LogP contribution in [0.25, 0.3) is 0 Å². The average molecular weight is 350 g/mol. The van der Waals surface area contributed by atoms with E-state index in [1.807, 2.05) is 48.5 Å². The van der Waals surface area contributed by atoms with Crippen LogP contribution in [0.3, 0.4) is 0 Å². The lowest BCUT2D eigenvalue weighted by Gasteiger charge is -2.09. The van der Waals surface area contributed by atoms with E-state index in [0.717, 1.165) is 22.7 Å². The van der Waals surface area contributed by atoms with Gasteiger partial charge in [-0.1, -0.05) is 12.1 Å². The summed E-state index contributed by atoms with van der Waals surface area (Å²) >= 11 is 0. The maximum absolute atomic E-state index is 12.9. The summed E-state index contributed by atoms with van der Waals surface area (Å²) < 4.78 is 18.0. The molecule has 0 unspecified atom stereocenters. The lowest BCUT2D eigenvalue weighted by atomic mass is 10.1. The van der Waals surface area contributed by atoms with E-state index in [-0.39, 0.29) is 11.7 Å². The highest BCUT2D eigenvalue weighted by Gasteiger charge is 2.05. The Kier molecular flexibility index (Phi) is 5.49. The Hall–Kier alpha value is -3.34. The first-order valence-electron chi connectivity index (χ1n) is 8.18. The average Bonchev–Trinajstić information content (AvgIpc) is 2.66. The van der Waals surface area contributed by atoms with Crippen LogP contribution in [-0.4, -0.2) is 13.0 Å². The van der Waals surface area contributed by atoms with Crippen LogP contribution >= 0.6 is 0 Å². The van der Waals surface area contributed by atoms with Crippen LogP contribution in [0, 0.1) is 5.82 Å². The lowest BCUT2D eigenvalue weighted by Crippen LogP contribution is -2.14. The second-order valence-corrected chi connectivity index (χ2v) is 5.78. The number of anilines is 3. The molecule has 0 aromatic heterocycles. The third-order valence-electron chi connectivity index (χ3n) is 3.83. The molecular weight excluding hydrogens is 331 g/mol. The molecule has 2 N–H and O–H groups in total. The third-order valence-corrected chi connectivity index (χ3v) is 3.83. The molecule has 0 aliphatic rings. The van der Waals surface area contributed by atoms with Crippen LogP contribution in [0.2, 0.25) is 0 Å². The molecule has 1 amide bonds. The van der Waals surface area contributed by atoms with E-state index in [1.54, 1.807) is 19.2 Å². The van der Waals surface area contributed by atoms with Crippen molar-refractivity contribution in [1.82, 2.24) is 0 Å². The molecule has 0 heterocycles. The Labute approximate surface area is 151 Å². The van der Waals surface area contributed by atoms with Crippen molar-refractivity contribution in [2.24, 2.45) is 0 Å². The topological polar surface area (TPSA) is 50.4 Å². The van der Waals surface area contributed by atoms with Crippen molar-refractivity contribution in [3.8, 4) is 5.75 Å². The van der Waals surface area contributed by atoms with Crippen molar-refractivity contribution in [2.75, 3.05) is 17.7 Å². The number of rotatable bonds is 6. The lowest BCUT2D eigenvalue weighted by molar-refractivity contribution is -0.115. The SMILES string of the molecule is COc1ccc(CC(=O)Nc2ccc(Nc3ccc(F)cc3)cc2)cc1. The summed E-state index contributed by atoms with van der Waals surface area (Å²) in [5, 5.41) is 6.04. The molecule has 0 radical (unpaired) electrons. The van der Waals surface area contributed by atoms with Crippen LogP contribution in [-0.2, 0) is 11.2 Å². The number of ether oxygens (including phenoxy) is 1. The first-order chi connectivity index (χ1) is 12.6. The molecule has 3 aromatic carbocycles. The zero-order valence-electron chi connectivity index (χ0n) is 14.3. The van der Waals surface area contributed by atoms with Gasteiger partial charge in [0.1, 0.15) is 11.6 Å². The Balaban J connectivity index is 1.56. The molecule has 0 atom stereocenters. The van der Waals surface area contributed by atoms with Gasteiger partial charge in [-0.2, -0.15) is 0 Å². The van der Waals surface area contributed by atoms with Gasteiger partial charge in [-0.05, 0) is 66.2 Å². The van der Waals surface area contributed by atoms with Gasteiger partial charge in [-0.3, -0.25) is 4.79 Å². The second-order valence-electron chi connectivity index (χ2n) is 5.78. The molecule has 3 aromatic rings. The fraction of sp³-hybridized carbons (Fsp3) is 0.0952. The summed E-state index contributed by atoms with van der Waals surface area (Å²) in [6, 6.07) is 20.9. The highest BCUT2D eigenvalue weighted by atomic mass is 19.1. The predicted octanol–water partition coefficient (Wildman–Crippen LogP) is 4.76. The summed E-state index contributed by atoms with van der Waals surface area (Å²) in [6.07, 6.45) is 0.291. The van der Waals surface area contributed by atoms with E-state index in [9.17, 15) is 9.18 Å². The van der Waals surface area contributed by atoms with Crippen LogP contribution < -0.4 is 15.4 Å². The minimum absolute atomic E-state index is 0.0885. The van der Waals surface area contributed by atoms with Gasteiger partial charge in [0.2, 0.25) is 5.91 Å². The van der Waals surface area contributed by atoms with Crippen molar-refractivity contribution >= 4 is 23.0 Å². The zero-order valence-corrected chi connectivity index (χ0v) is 14.3. The first-order valence-corrected chi connectivity index (χ1v) is 8.18. The van der Waals surface area contributed by atoms with Gasteiger partial charge in [-0.25, -0.2) is 4.39 Å². The quantitative estimate of drug-likeness (QED) is 0.674. The van der Waals surface area contributed by atoms with E-state index in [1.165, 1.54) is 12.1 Å². The highest BCUT2D eigenvalue weighted by molar-refractivity contribution is 5.92. The molecule has 26 heavy (non-hydrogen) atoms. The summed E-state index contributed by atoms with van der Waals surface area (Å²) in [4.78, 5) is 12.2. The molecule has 3 rings (SSSR count). The summed E-state index contributed by atoms with van der Waals surface area (Å²) in [5.41, 5.74) is 3.28. The minimum atomic E-state index is -0.273. The number of hydrogen-bond acceptors (Lipinski definition) is 3. The number of methoxy groups -OCH3 is 1. The maximum Gasteiger partial charge on any atom is 0.228 e. The van der Waals surface area contributed by atoms with E-state index >= 15 is 0 Å². The minimum Gasteiger partial charge on any atom is -0.497 e. The smallest absolute Gasteiger partial charge is 0.228 e. The second kappa shape index (κ2) is 8.16. The Bertz CT molecular complexity index is 860. The summed E-state index contributed by atoms with van der Waals surface area (Å²) in [7, 11) is 1.61. The number of amides is 1. The van der Waals surface area contributed by atoms with E-state index < -0.39 is 0 Å². The van der Waals surface area contributed by atoms with Crippen molar-refractivity contribution in [2.45, 2.75) is 6.42 Å². The van der Waals surface area contributed by atoms with Gasteiger partial charge in [0.15, 0.2) is 0 Å². The number of nitrogens with one attached hydrogen (secondary N) is 2.